The quantitative estimate of drug-likeness (QED) is 0.731. The summed E-state index contributed by atoms with van der Waals surface area (Å²) in [4.78, 5) is 0. The molecule has 0 spiro atoms. The highest BCUT2D eigenvalue weighted by molar-refractivity contribution is 9.09. The third-order valence-electron chi connectivity index (χ3n) is 3.24. The molecule has 1 aliphatic rings. The summed E-state index contributed by atoms with van der Waals surface area (Å²) in [6, 6.07) is 0. The molecule has 0 N–H and O–H groups in total. The monoisotopic (exact) mass is 296 g/mol. The van der Waals surface area contributed by atoms with Crippen LogP contribution in [0.4, 0.5) is 0 Å². The van der Waals surface area contributed by atoms with Gasteiger partial charge in [-0.3, -0.25) is 0 Å². The Morgan fingerprint density at radius 1 is 1.20 bits per heavy atom. The van der Waals surface area contributed by atoms with Crippen molar-refractivity contribution < 1.29 is 8.42 Å². The van der Waals surface area contributed by atoms with Gasteiger partial charge in [-0.15, -0.1) is 0 Å². The number of halogens is 1. The lowest BCUT2D eigenvalue weighted by Gasteiger charge is -2.35. The fourth-order valence-electron chi connectivity index (χ4n) is 2.47. The number of alkyl halides is 1. The summed E-state index contributed by atoms with van der Waals surface area (Å²) in [5.41, 5.74) is 0.0340. The highest BCUT2D eigenvalue weighted by Gasteiger charge is 2.35. The van der Waals surface area contributed by atoms with Crippen molar-refractivity contribution in [3.63, 3.8) is 0 Å². The van der Waals surface area contributed by atoms with Crippen molar-refractivity contribution in [1.29, 1.82) is 0 Å². The molecular formula is C11H21BrO2S. The van der Waals surface area contributed by atoms with Crippen LogP contribution in [0, 0.1) is 5.41 Å². The van der Waals surface area contributed by atoms with Gasteiger partial charge in [0.15, 0.2) is 9.84 Å². The van der Waals surface area contributed by atoms with E-state index in [2.05, 4.69) is 15.9 Å². The molecule has 2 nitrogen and oxygen atoms in total. The molecule has 0 heterocycles. The Labute approximate surface area is 102 Å². The van der Waals surface area contributed by atoms with Crippen molar-refractivity contribution in [2.24, 2.45) is 5.41 Å². The molecule has 0 radical (unpaired) electrons. The maximum absolute atomic E-state index is 11.8. The van der Waals surface area contributed by atoms with Crippen LogP contribution in [0.5, 0.6) is 0 Å². The SMILES string of the molecule is CCCS(=O)(=O)CC1(CBr)CCCCC1. The second-order valence-corrected chi connectivity index (χ2v) is 7.53. The van der Waals surface area contributed by atoms with E-state index in [1.807, 2.05) is 6.92 Å². The van der Waals surface area contributed by atoms with Crippen LogP contribution in [-0.4, -0.2) is 25.3 Å². The van der Waals surface area contributed by atoms with Crippen molar-refractivity contribution >= 4 is 25.8 Å². The average Bonchev–Trinajstić information content (AvgIpc) is 2.18. The van der Waals surface area contributed by atoms with E-state index in [1.54, 1.807) is 0 Å². The molecule has 1 aliphatic carbocycles. The first-order chi connectivity index (χ1) is 7.04. The molecule has 90 valence electrons. The average molecular weight is 297 g/mol. The minimum atomic E-state index is -2.83. The van der Waals surface area contributed by atoms with Crippen molar-refractivity contribution in [2.75, 3.05) is 16.8 Å². The van der Waals surface area contributed by atoms with E-state index in [9.17, 15) is 8.42 Å². The lowest BCUT2D eigenvalue weighted by atomic mass is 9.77. The van der Waals surface area contributed by atoms with E-state index in [0.717, 1.165) is 24.6 Å². The number of rotatable bonds is 5. The number of hydrogen-bond acceptors (Lipinski definition) is 2. The molecule has 0 aromatic rings. The molecule has 0 saturated heterocycles. The van der Waals surface area contributed by atoms with Crippen LogP contribution in [0.25, 0.3) is 0 Å². The smallest absolute Gasteiger partial charge is 0.150 e. The second-order valence-electron chi connectivity index (χ2n) is 4.79. The predicted molar refractivity (Wildman–Crippen MR) is 68.3 cm³/mol. The van der Waals surface area contributed by atoms with Gasteiger partial charge in [0.2, 0.25) is 0 Å². The predicted octanol–water partition coefficient (Wildman–Crippen LogP) is 3.16. The molecule has 0 aromatic heterocycles. The summed E-state index contributed by atoms with van der Waals surface area (Å²) in [5, 5.41) is 0.836. The Hall–Kier alpha value is 0.430. The first-order valence-electron chi connectivity index (χ1n) is 5.80. The van der Waals surface area contributed by atoms with Gasteiger partial charge in [-0.1, -0.05) is 42.1 Å². The third-order valence-corrected chi connectivity index (χ3v) is 6.51. The summed E-state index contributed by atoms with van der Waals surface area (Å²) in [7, 11) is -2.83. The molecule has 0 bridgehead atoms. The van der Waals surface area contributed by atoms with Crippen molar-refractivity contribution in [3.05, 3.63) is 0 Å². The van der Waals surface area contributed by atoms with Crippen molar-refractivity contribution in [1.82, 2.24) is 0 Å². The molecule has 0 unspecified atom stereocenters. The summed E-state index contributed by atoms with van der Waals surface area (Å²) in [5.74, 6) is 0.737. The molecule has 0 aliphatic heterocycles. The summed E-state index contributed by atoms with van der Waals surface area (Å²) in [6.07, 6.45) is 6.52. The molecule has 1 rings (SSSR count). The normalized spacial score (nSPS) is 21.5. The van der Waals surface area contributed by atoms with Gasteiger partial charge in [-0.05, 0) is 24.7 Å². The van der Waals surface area contributed by atoms with E-state index >= 15 is 0 Å². The van der Waals surface area contributed by atoms with Gasteiger partial charge in [0.05, 0.1) is 5.75 Å². The van der Waals surface area contributed by atoms with Crippen LogP contribution in [0.3, 0.4) is 0 Å². The van der Waals surface area contributed by atoms with Gasteiger partial charge >= 0.3 is 0 Å². The highest BCUT2D eigenvalue weighted by atomic mass is 79.9. The Balaban J connectivity index is 2.66. The van der Waals surface area contributed by atoms with E-state index < -0.39 is 9.84 Å². The minimum Gasteiger partial charge on any atom is -0.229 e. The van der Waals surface area contributed by atoms with Crippen molar-refractivity contribution in [2.45, 2.75) is 45.4 Å². The standard InChI is InChI=1S/C11H21BrO2S/c1-2-8-15(13,14)10-11(9-12)6-4-3-5-7-11/h2-10H2,1H3. The molecular weight excluding hydrogens is 276 g/mol. The van der Waals surface area contributed by atoms with Crippen LogP contribution < -0.4 is 0 Å². The fourth-order valence-corrected chi connectivity index (χ4v) is 5.58. The Kier molecular flexibility index (Phi) is 5.10. The summed E-state index contributed by atoms with van der Waals surface area (Å²) < 4.78 is 23.7. The Morgan fingerprint density at radius 2 is 1.80 bits per heavy atom. The van der Waals surface area contributed by atoms with Crippen LogP contribution >= 0.6 is 15.9 Å². The lowest BCUT2D eigenvalue weighted by molar-refractivity contribution is 0.256. The van der Waals surface area contributed by atoms with Crippen LogP contribution in [0.2, 0.25) is 0 Å². The molecule has 0 atom stereocenters. The first-order valence-corrected chi connectivity index (χ1v) is 8.74. The zero-order chi connectivity index (χ0) is 11.4. The molecule has 1 fully saturated rings. The molecule has 15 heavy (non-hydrogen) atoms. The summed E-state index contributed by atoms with van der Waals surface area (Å²) >= 11 is 3.51. The molecule has 0 aromatic carbocycles. The third kappa shape index (κ3) is 4.06. The van der Waals surface area contributed by atoms with Crippen LogP contribution in [0.1, 0.15) is 45.4 Å². The maximum atomic E-state index is 11.8. The lowest BCUT2D eigenvalue weighted by Crippen LogP contribution is -2.34. The minimum absolute atomic E-state index is 0.0340. The van der Waals surface area contributed by atoms with Crippen molar-refractivity contribution in [3.8, 4) is 0 Å². The molecule has 4 heteroatoms. The van der Waals surface area contributed by atoms with Gasteiger partial charge in [0.1, 0.15) is 0 Å². The zero-order valence-electron chi connectivity index (χ0n) is 9.47. The Morgan fingerprint density at radius 3 is 2.27 bits per heavy atom. The van der Waals surface area contributed by atoms with Gasteiger partial charge in [-0.2, -0.15) is 0 Å². The van der Waals surface area contributed by atoms with Crippen LogP contribution in [-0.2, 0) is 9.84 Å². The van der Waals surface area contributed by atoms with E-state index in [1.165, 1.54) is 19.3 Å². The number of sulfone groups is 1. The zero-order valence-corrected chi connectivity index (χ0v) is 11.9. The van der Waals surface area contributed by atoms with Gasteiger partial charge in [0.25, 0.3) is 0 Å². The fraction of sp³-hybridized carbons (Fsp3) is 1.00. The van der Waals surface area contributed by atoms with Crippen LogP contribution in [0.15, 0.2) is 0 Å². The summed E-state index contributed by atoms with van der Waals surface area (Å²) in [6.45, 7) is 1.93. The molecule has 1 saturated carbocycles. The first kappa shape index (κ1) is 13.5. The van der Waals surface area contributed by atoms with Gasteiger partial charge in [-0.25, -0.2) is 8.42 Å². The van der Waals surface area contributed by atoms with E-state index in [-0.39, 0.29) is 5.41 Å². The van der Waals surface area contributed by atoms with E-state index in [4.69, 9.17) is 0 Å². The van der Waals surface area contributed by atoms with Gasteiger partial charge in [0, 0.05) is 11.1 Å². The van der Waals surface area contributed by atoms with Gasteiger partial charge < -0.3 is 0 Å². The van der Waals surface area contributed by atoms with E-state index in [0.29, 0.717) is 11.5 Å². The number of hydrogen-bond donors (Lipinski definition) is 0. The maximum Gasteiger partial charge on any atom is 0.150 e. The molecule has 0 amide bonds. The second kappa shape index (κ2) is 5.67. The Bertz CT molecular complexity index is 279. The topological polar surface area (TPSA) is 34.1 Å². The highest BCUT2D eigenvalue weighted by Crippen LogP contribution is 2.39. The largest absolute Gasteiger partial charge is 0.229 e.